The lowest BCUT2D eigenvalue weighted by atomic mass is 10.1. The Morgan fingerprint density at radius 1 is 1.47 bits per heavy atom. The molecule has 0 radical (unpaired) electrons. The minimum Gasteiger partial charge on any atom is -0.365 e. The van der Waals surface area contributed by atoms with E-state index in [9.17, 15) is 4.79 Å². The van der Waals surface area contributed by atoms with Crippen LogP contribution in [-0.4, -0.2) is 15.7 Å². The summed E-state index contributed by atoms with van der Waals surface area (Å²) < 4.78 is 1.84. The van der Waals surface area contributed by atoms with Crippen LogP contribution in [0.1, 0.15) is 34.6 Å². The van der Waals surface area contributed by atoms with Crippen LogP contribution in [0.4, 0.5) is 5.82 Å². The largest absolute Gasteiger partial charge is 0.365 e. The van der Waals surface area contributed by atoms with Crippen LogP contribution in [-0.2, 0) is 13.0 Å². The molecule has 1 atom stereocenters. The molecule has 0 saturated heterocycles. The Bertz CT molecular complexity index is 618. The van der Waals surface area contributed by atoms with Crippen molar-refractivity contribution in [2.45, 2.75) is 25.9 Å². The van der Waals surface area contributed by atoms with Crippen molar-refractivity contribution in [3.63, 3.8) is 0 Å². The molecule has 1 aromatic heterocycles. The fraction of sp³-hybridized carbons (Fsp3) is 0.286. The normalized spacial score (nSPS) is 17.0. The number of benzene rings is 1. The number of carbonyl (C=O) groups is 1. The van der Waals surface area contributed by atoms with Gasteiger partial charge < -0.3 is 11.1 Å². The molecule has 1 aromatic carbocycles. The molecular formula is C14H16N4O. The summed E-state index contributed by atoms with van der Waals surface area (Å²) in [7, 11) is 0. The van der Waals surface area contributed by atoms with E-state index in [1.807, 2.05) is 29.8 Å². The maximum absolute atomic E-state index is 11.6. The van der Waals surface area contributed by atoms with Gasteiger partial charge in [-0.1, -0.05) is 37.3 Å². The standard InChI is InChI=1S/C14H16N4O/c1-2-10-12(13(15)19)14-16-11(8-18(14)17-10)9-6-4-3-5-7-9/h3-7,11,16H,2,8H2,1H3,(H2,15,19). The van der Waals surface area contributed by atoms with Gasteiger partial charge in [0.2, 0.25) is 0 Å². The number of fused-ring (bicyclic) bond motifs is 1. The molecule has 0 spiro atoms. The van der Waals surface area contributed by atoms with Crippen molar-refractivity contribution < 1.29 is 4.79 Å². The smallest absolute Gasteiger partial charge is 0.254 e. The summed E-state index contributed by atoms with van der Waals surface area (Å²) in [6.45, 7) is 2.69. The summed E-state index contributed by atoms with van der Waals surface area (Å²) in [5.74, 6) is 0.331. The van der Waals surface area contributed by atoms with Gasteiger partial charge >= 0.3 is 0 Å². The summed E-state index contributed by atoms with van der Waals surface area (Å²) in [6.07, 6.45) is 0.704. The second-order valence-corrected chi connectivity index (χ2v) is 4.68. The van der Waals surface area contributed by atoms with Gasteiger partial charge in [-0.25, -0.2) is 4.68 Å². The number of nitrogens with zero attached hydrogens (tertiary/aromatic N) is 2. The van der Waals surface area contributed by atoms with Crippen molar-refractivity contribution in [3.8, 4) is 0 Å². The molecule has 1 aliphatic heterocycles. The molecule has 1 aliphatic rings. The van der Waals surface area contributed by atoms with Gasteiger partial charge in [0.25, 0.3) is 5.91 Å². The second kappa shape index (κ2) is 4.42. The first-order valence-corrected chi connectivity index (χ1v) is 6.41. The first kappa shape index (κ1) is 11.8. The van der Waals surface area contributed by atoms with Gasteiger partial charge in [0.1, 0.15) is 11.4 Å². The van der Waals surface area contributed by atoms with Crippen molar-refractivity contribution in [1.82, 2.24) is 9.78 Å². The molecule has 5 nitrogen and oxygen atoms in total. The zero-order chi connectivity index (χ0) is 13.4. The van der Waals surface area contributed by atoms with Gasteiger partial charge in [0, 0.05) is 0 Å². The fourth-order valence-corrected chi connectivity index (χ4v) is 2.55. The van der Waals surface area contributed by atoms with E-state index < -0.39 is 5.91 Å². The molecule has 3 N–H and O–H groups in total. The van der Waals surface area contributed by atoms with Crippen molar-refractivity contribution in [3.05, 3.63) is 47.2 Å². The highest BCUT2D eigenvalue weighted by Crippen LogP contribution is 2.32. The number of carbonyl (C=O) groups excluding carboxylic acids is 1. The van der Waals surface area contributed by atoms with E-state index in [4.69, 9.17) is 5.73 Å². The van der Waals surface area contributed by atoms with E-state index in [0.717, 1.165) is 18.1 Å². The molecule has 19 heavy (non-hydrogen) atoms. The number of aromatic nitrogens is 2. The Kier molecular flexibility index (Phi) is 2.74. The van der Waals surface area contributed by atoms with Crippen molar-refractivity contribution in [1.29, 1.82) is 0 Å². The number of rotatable bonds is 3. The zero-order valence-electron chi connectivity index (χ0n) is 10.8. The van der Waals surface area contributed by atoms with Crippen LogP contribution in [0, 0.1) is 0 Å². The summed E-state index contributed by atoms with van der Waals surface area (Å²) in [6, 6.07) is 10.3. The molecule has 2 heterocycles. The highest BCUT2D eigenvalue weighted by molar-refractivity contribution is 5.99. The van der Waals surface area contributed by atoms with E-state index in [2.05, 4.69) is 22.5 Å². The number of hydrogen-bond acceptors (Lipinski definition) is 3. The highest BCUT2D eigenvalue weighted by atomic mass is 16.1. The predicted octanol–water partition coefficient (Wildman–Crippen LogP) is 1.71. The lowest BCUT2D eigenvalue weighted by molar-refractivity contribution is 0.1000. The molecule has 2 aromatic rings. The van der Waals surface area contributed by atoms with Crippen LogP contribution in [0.2, 0.25) is 0 Å². The number of nitrogens with two attached hydrogens (primary N) is 1. The van der Waals surface area contributed by atoms with Crippen LogP contribution in [0.3, 0.4) is 0 Å². The summed E-state index contributed by atoms with van der Waals surface area (Å²) in [5.41, 5.74) is 7.94. The molecule has 0 aliphatic carbocycles. The third-order valence-electron chi connectivity index (χ3n) is 3.47. The second-order valence-electron chi connectivity index (χ2n) is 4.68. The van der Waals surface area contributed by atoms with Crippen LogP contribution in [0.5, 0.6) is 0 Å². The van der Waals surface area contributed by atoms with Gasteiger partial charge in [-0.05, 0) is 12.0 Å². The molecular weight excluding hydrogens is 240 g/mol. The predicted molar refractivity (Wildman–Crippen MR) is 72.9 cm³/mol. The monoisotopic (exact) mass is 256 g/mol. The number of nitrogens with one attached hydrogen (secondary N) is 1. The van der Waals surface area contributed by atoms with Crippen LogP contribution in [0.15, 0.2) is 30.3 Å². The molecule has 5 heteroatoms. The topological polar surface area (TPSA) is 72.9 Å². The molecule has 0 bridgehead atoms. The zero-order valence-corrected chi connectivity index (χ0v) is 10.8. The fourth-order valence-electron chi connectivity index (χ4n) is 2.55. The quantitative estimate of drug-likeness (QED) is 0.878. The number of primary amides is 1. The maximum Gasteiger partial charge on any atom is 0.254 e. The SMILES string of the molecule is CCc1nn2c(c1C(N)=O)NC(c1ccccc1)C2. The summed E-state index contributed by atoms with van der Waals surface area (Å²) in [4.78, 5) is 11.6. The molecule has 1 amide bonds. The van der Waals surface area contributed by atoms with E-state index in [1.54, 1.807) is 0 Å². The Labute approximate surface area is 111 Å². The molecule has 0 fully saturated rings. The first-order valence-electron chi connectivity index (χ1n) is 6.41. The first-order chi connectivity index (χ1) is 9.20. The third-order valence-corrected chi connectivity index (χ3v) is 3.47. The average Bonchev–Trinajstić information content (AvgIpc) is 2.95. The average molecular weight is 256 g/mol. The Balaban J connectivity index is 1.95. The van der Waals surface area contributed by atoms with Crippen molar-refractivity contribution in [2.24, 2.45) is 5.73 Å². The number of anilines is 1. The lowest BCUT2D eigenvalue weighted by Crippen LogP contribution is -2.15. The Morgan fingerprint density at radius 3 is 2.84 bits per heavy atom. The van der Waals surface area contributed by atoms with E-state index in [-0.39, 0.29) is 6.04 Å². The van der Waals surface area contributed by atoms with Gasteiger partial charge in [-0.3, -0.25) is 4.79 Å². The van der Waals surface area contributed by atoms with Crippen molar-refractivity contribution >= 4 is 11.7 Å². The summed E-state index contributed by atoms with van der Waals surface area (Å²) >= 11 is 0. The number of amides is 1. The number of hydrogen-bond donors (Lipinski definition) is 2. The van der Waals surface area contributed by atoms with Crippen LogP contribution < -0.4 is 11.1 Å². The van der Waals surface area contributed by atoms with E-state index >= 15 is 0 Å². The van der Waals surface area contributed by atoms with Gasteiger partial charge in [0.15, 0.2) is 0 Å². The molecule has 0 saturated carbocycles. The Hall–Kier alpha value is -2.30. The lowest BCUT2D eigenvalue weighted by Gasteiger charge is -2.11. The van der Waals surface area contributed by atoms with Gasteiger partial charge in [-0.2, -0.15) is 5.10 Å². The Morgan fingerprint density at radius 2 is 2.21 bits per heavy atom. The van der Waals surface area contributed by atoms with E-state index in [0.29, 0.717) is 12.0 Å². The molecule has 3 rings (SSSR count). The number of aryl methyl sites for hydroxylation is 1. The van der Waals surface area contributed by atoms with Crippen LogP contribution >= 0.6 is 0 Å². The minimum atomic E-state index is -0.417. The van der Waals surface area contributed by atoms with Gasteiger partial charge in [0.05, 0.1) is 18.3 Å². The third kappa shape index (κ3) is 1.87. The molecule has 1 unspecified atom stereocenters. The van der Waals surface area contributed by atoms with Crippen molar-refractivity contribution in [2.75, 3.05) is 5.32 Å². The highest BCUT2D eigenvalue weighted by Gasteiger charge is 2.29. The summed E-state index contributed by atoms with van der Waals surface area (Å²) in [5, 5.41) is 7.81. The van der Waals surface area contributed by atoms with Crippen LogP contribution in [0.25, 0.3) is 0 Å². The minimum absolute atomic E-state index is 0.146. The maximum atomic E-state index is 11.6. The van der Waals surface area contributed by atoms with E-state index in [1.165, 1.54) is 5.56 Å². The molecule has 98 valence electrons. The van der Waals surface area contributed by atoms with Gasteiger partial charge in [-0.15, -0.1) is 0 Å².